The molecule has 1 amide bonds. The zero-order chi connectivity index (χ0) is 20.5. The third kappa shape index (κ3) is 3.71. The first-order valence-corrected chi connectivity index (χ1v) is 9.39. The van der Waals surface area contributed by atoms with Crippen LogP contribution in [0.15, 0.2) is 57.9 Å². The molecule has 29 heavy (non-hydrogen) atoms. The van der Waals surface area contributed by atoms with Gasteiger partial charge >= 0.3 is 0 Å². The van der Waals surface area contributed by atoms with Gasteiger partial charge in [0, 0.05) is 28.7 Å². The number of aromatic amines is 1. The minimum atomic E-state index is -0.220. The summed E-state index contributed by atoms with van der Waals surface area (Å²) in [5.41, 5.74) is 4.58. The van der Waals surface area contributed by atoms with E-state index in [1.165, 1.54) is 6.07 Å². The van der Waals surface area contributed by atoms with Gasteiger partial charge in [-0.25, -0.2) is 9.50 Å². The fourth-order valence-electron chi connectivity index (χ4n) is 3.46. The van der Waals surface area contributed by atoms with Crippen molar-refractivity contribution in [3.8, 4) is 0 Å². The number of amides is 1. The van der Waals surface area contributed by atoms with Crippen molar-refractivity contribution in [2.75, 3.05) is 4.90 Å². The molecule has 0 aliphatic carbocycles. The minimum absolute atomic E-state index is 0.0768. The maximum absolute atomic E-state index is 13.3. The highest BCUT2D eigenvalue weighted by molar-refractivity contribution is 5.94. The van der Waals surface area contributed by atoms with Crippen LogP contribution in [0.25, 0.3) is 5.65 Å². The number of furan rings is 1. The van der Waals surface area contributed by atoms with Gasteiger partial charge in [0.05, 0.1) is 19.2 Å². The summed E-state index contributed by atoms with van der Waals surface area (Å²) in [5.74, 6) is 0.628. The Balaban J connectivity index is 1.70. The van der Waals surface area contributed by atoms with Crippen LogP contribution in [0.3, 0.4) is 0 Å². The standard InChI is InChI=1S/C22H22N4O3/c1-14-6-8-17(9-7-14)25(13-18-5-4-10-29-18)22(28)11-19-15(2)23-20-12-21(27)24-26(20)16(19)3/h4-10,12H,11,13H2,1-3H3,(H,24,27). The van der Waals surface area contributed by atoms with Crippen LogP contribution in [0.2, 0.25) is 0 Å². The highest BCUT2D eigenvalue weighted by atomic mass is 16.3. The van der Waals surface area contributed by atoms with Gasteiger partial charge in [-0.1, -0.05) is 17.7 Å². The molecule has 148 valence electrons. The Morgan fingerprint density at radius 1 is 1.17 bits per heavy atom. The van der Waals surface area contributed by atoms with Crippen molar-refractivity contribution in [2.45, 2.75) is 33.7 Å². The van der Waals surface area contributed by atoms with E-state index in [1.54, 1.807) is 15.7 Å². The Morgan fingerprint density at radius 3 is 2.62 bits per heavy atom. The van der Waals surface area contributed by atoms with E-state index in [4.69, 9.17) is 4.42 Å². The van der Waals surface area contributed by atoms with E-state index in [0.29, 0.717) is 18.0 Å². The van der Waals surface area contributed by atoms with Crippen molar-refractivity contribution in [1.29, 1.82) is 0 Å². The Kier molecular flexibility index (Phi) is 4.80. The van der Waals surface area contributed by atoms with Crippen LogP contribution < -0.4 is 10.5 Å². The number of aryl methyl sites for hydroxylation is 3. The molecule has 1 N–H and O–H groups in total. The first-order chi connectivity index (χ1) is 13.9. The van der Waals surface area contributed by atoms with Gasteiger partial charge in [0.1, 0.15) is 5.76 Å². The molecule has 1 aromatic carbocycles. The third-order valence-electron chi connectivity index (χ3n) is 5.07. The van der Waals surface area contributed by atoms with Crippen LogP contribution in [0.1, 0.15) is 28.3 Å². The van der Waals surface area contributed by atoms with Gasteiger partial charge in [-0.3, -0.25) is 14.7 Å². The monoisotopic (exact) mass is 390 g/mol. The molecule has 0 aliphatic rings. The Labute approximate surface area is 167 Å². The molecule has 4 aromatic rings. The predicted octanol–water partition coefficient (Wildman–Crippen LogP) is 3.32. The van der Waals surface area contributed by atoms with Crippen molar-refractivity contribution in [3.05, 3.63) is 87.4 Å². The number of aromatic nitrogens is 3. The summed E-state index contributed by atoms with van der Waals surface area (Å²) in [6.45, 7) is 6.08. The van der Waals surface area contributed by atoms with Crippen LogP contribution in [0.4, 0.5) is 5.69 Å². The molecule has 3 heterocycles. The number of hydrogen-bond donors (Lipinski definition) is 1. The second kappa shape index (κ2) is 7.43. The number of fused-ring (bicyclic) bond motifs is 1. The molecule has 0 fully saturated rings. The molecular weight excluding hydrogens is 368 g/mol. The van der Waals surface area contributed by atoms with Crippen molar-refractivity contribution < 1.29 is 9.21 Å². The summed E-state index contributed by atoms with van der Waals surface area (Å²) < 4.78 is 7.09. The van der Waals surface area contributed by atoms with Crippen molar-refractivity contribution in [3.63, 3.8) is 0 Å². The van der Waals surface area contributed by atoms with Crippen LogP contribution >= 0.6 is 0 Å². The first kappa shape index (κ1) is 18.7. The third-order valence-corrected chi connectivity index (χ3v) is 5.07. The molecule has 0 saturated heterocycles. The zero-order valence-corrected chi connectivity index (χ0v) is 16.6. The number of H-pyrrole nitrogens is 1. The first-order valence-electron chi connectivity index (χ1n) is 9.39. The largest absolute Gasteiger partial charge is 0.467 e. The lowest BCUT2D eigenvalue weighted by Crippen LogP contribution is -2.32. The van der Waals surface area contributed by atoms with Crippen LogP contribution in [0.5, 0.6) is 0 Å². The summed E-state index contributed by atoms with van der Waals surface area (Å²) in [4.78, 5) is 31.2. The number of carbonyl (C=O) groups is 1. The fraction of sp³-hybridized carbons (Fsp3) is 0.227. The fourth-order valence-corrected chi connectivity index (χ4v) is 3.46. The van der Waals surface area contributed by atoms with Crippen LogP contribution in [-0.4, -0.2) is 20.5 Å². The summed E-state index contributed by atoms with van der Waals surface area (Å²) in [6, 6.07) is 12.9. The van der Waals surface area contributed by atoms with E-state index in [0.717, 1.165) is 28.2 Å². The van der Waals surface area contributed by atoms with E-state index < -0.39 is 0 Å². The van der Waals surface area contributed by atoms with Gasteiger partial charge in [-0.15, -0.1) is 0 Å². The summed E-state index contributed by atoms with van der Waals surface area (Å²) in [7, 11) is 0. The maximum Gasteiger partial charge on any atom is 0.266 e. The van der Waals surface area contributed by atoms with E-state index in [9.17, 15) is 9.59 Å². The van der Waals surface area contributed by atoms with E-state index in [-0.39, 0.29) is 17.9 Å². The molecule has 7 nitrogen and oxygen atoms in total. The molecule has 0 bridgehead atoms. The molecule has 0 atom stereocenters. The average molecular weight is 390 g/mol. The number of rotatable bonds is 5. The van der Waals surface area contributed by atoms with E-state index in [1.807, 2.05) is 57.2 Å². The van der Waals surface area contributed by atoms with Gasteiger partial charge in [0.15, 0.2) is 5.65 Å². The number of hydrogen-bond acceptors (Lipinski definition) is 4. The minimum Gasteiger partial charge on any atom is -0.467 e. The Bertz CT molecular complexity index is 1220. The highest BCUT2D eigenvalue weighted by Crippen LogP contribution is 2.22. The van der Waals surface area contributed by atoms with Gasteiger partial charge in [-0.05, 0) is 45.0 Å². The average Bonchev–Trinajstić information content (AvgIpc) is 3.33. The predicted molar refractivity (Wildman–Crippen MR) is 110 cm³/mol. The lowest BCUT2D eigenvalue weighted by molar-refractivity contribution is -0.118. The lowest BCUT2D eigenvalue weighted by atomic mass is 10.1. The molecule has 7 heteroatoms. The second-order valence-corrected chi connectivity index (χ2v) is 7.15. The summed E-state index contributed by atoms with van der Waals surface area (Å²) in [5, 5.41) is 2.73. The number of nitrogens with zero attached hydrogens (tertiary/aromatic N) is 3. The normalized spacial score (nSPS) is 11.1. The van der Waals surface area contributed by atoms with Gasteiger partial charge in [0.2, 0.25) is 5.91 Å². The summed E-state index contributed by atoms with van der Waals surface area (Å²) in [6.07, 6.45) is 1.76. The second-order valence-electron chi connectivity index (χ2n) is 7.15. The molecule has 0 spiro atoms. The summed E-state index contributed by atoms with van der Waals surface area (Å²) >= 11 is 0. The van der Waals surface area contributed by atoms with E-state index >= 15 is 0 Å². The van der Waals surface area contributed by atoms with Crippen molar-refractivity contribution in [1.82, 2.24) is 14.6 Å². The Morgan fingerprint density at radius 2 is 1.93 bits per heavy atom. The molecule has 0 aliphatic heterocycles. The van der Waals surface area contributed by atoms with Gasteiger partial charge in [-0.2, -0.15) is 0 Å². The molecular formula is C22H22N4O3. The smallest absolute Gasteiger partial charge is 0.266 e. The molecule has 0 unspecified atom stereocenters. The van der Waals surface area contributed by atoms with Crippen LogP contribution in [-0.2, 0) is 17.8 Å². The van der Waals surface area contributed by atoms with Gasteiger partial charge in [0.25, 0.3) is 5.56 Å². The lowest BCUT2D eigenvalue weighted by Gasteiger charge is -2.23. The highest BCUT2D eigenvalue weighted by Gasteiger charge is 2.21. The zero-order valence-electron chi connectivity index (χ0n) is 16.6. The molecule has 0 saturated carbocycles. The van der Waals surface area contributed by atoms with Crippen molar-refractivity contribution in [2.24, 2.45) is 0 Å². The Hall–Kier alpha value is -3.61. The number of anilines is 1. The van der Waals surface area contributed by atoms with Crippen LogP contribution in [0, 0.1) is 20.8 Å². The SMILES string of the molecule is Cc1ccc(N(Cc2ccco2)C(=O)Cc2c(C)nc3cc(=O)[nH]n3c2C)cc1. The number of carbonyl (C=O) groups excluding carboxylic acids is 1. The van der Waals surface area contributed by atoms with Gasteiger partial charge < -0.3 is 9.32 Å². The molecule has 3 aromatic heterocycles. The van der Waals surface area contributed by atoms with Crippen molar-refractivity contribution >= 4 is 17.2 Å². The maximum atomic E-state index is 13.3. The molecule has 0 radical (unpaired) electrons. The topological polar surface area (TPSA) is 83.6 Å². The quantitative estimate of drug-likeness (QED) is 0.567. The number of nitrogens with one attached hydrogen (secondary N) is 1. The number of benzene rings is 1. The molecule has 4 rings (SSSR count). The van der Waals surface area contributed by atoms with E-state index in [2.05, 4.69) is 10.1 Å².